The molecule has 9 nitrogen and oxygen atoms in total. The van der Waals surface area contributed by atoms with Gasteiger partial charge in [-0.15, -0.1) is 0 Å². The summed E-state index contributed by atoms with van der Waals surface area (Å²) in [5.41, 5.74) is 2.91. The van der Waals surface area contributed by atoms with Crippen molar-refractivity contribution in [1.82, 2.24) is 9.29 Å². The number of anilines is 1. The van der Waals surface area contributed by atoms with Crippen LogP contribution in [0.3, 0.4) is 0 Å². The van der Waals surface area contributed by atoms with Crippen molar-refractivity contribution >= 4 is 64.8 Å². The Morgan fingerprint density at radius 2 is 1.65 bits per heavy atom. The molecule has 0 saturated carbocycles. The number of carbonyl (C=O) groups is 1. The van der Waals surface area contributed by atoms with Crippen molar-refractivity contribution in [2.75, 3.05) is 45.5 Å². The molecule has 12 heteroatoms. The van der Waals surface area contributed by atoms with Crippen molar-refractivity contribution in [1.29, 1.82) is 0 Å². The van der Waals surface area contributed by atoms with Crippen LogP contribution >= 0.6 is 27.3 Å². The van der Waals surface area contributed by atoms with Crippen LogP contribution in [0, 0.1) is 6.92 Å². The topological polar surface area (TPSA) is 101 Å². The van der Waals surface area contributed by atoms with Gasteiger partial charge in [-0.05, 0) is 66.6 Å². The number of rotatable bonds is 12. The zero-order valence-electron chi connectivity index (χ0n) is 22.3. The van der Waals surface area contributed by atoms with E-state index in [-0.39, 0.29) is 36.8 Å². The number of amides is 1. The molecule has 0 N–H and O–H groups in total. The average molecular weight is 646 g/mol. The van der Waals surface area contributed by atoms with Crippen molar-refractivity contribution in [2.45, 2.75) is 11.8 Å². The highest BCUT2D eigenvalue weighted by Crippen LogP contribution is 2.31. The quantitative estimate of drug-likeness (QED) is 0.153. The lowest BCUT2D eigenvalue weighted by Gasteiger charge is -2.21. The van der Waals surface area contributed by atoms with Crippen LogP contribution in [-0.2, 0) is 19.5 Å². The first-order valence-electron chi connectivity index (χ1n) is 12.3. The number of benzene rings is 3. The van der Waals surface area contributed by atoms with Gasteiger partial charge in [0.05, 0.1) is 34.5 Å². The Labute approximate surface area is 246 Å². The summed E-state index contributed by atoms with van der Waals surface area (Å²) in [4.78, 5) is 18.4. The number of carbonyl (C=O) groups excluding carboxylic acids is 1. The minimum absolute atomic E-state index is 0.0663. The third-order valence-corrected chi connectivity index (χ3v) is 9.36. The number of aryl methyl sites for hydroxylation is 1. The van der Waals surface area contributed by atoms with E-state index in [0.717, 1.165) is 25.8 Å². The summed E-state index contributed by atoms with van der Waals surface area (Å²) in [6, 6.07) is 19.2. The Kier molecular flexibility index (Phi) is 10.2. The number of hydrazone groups is 1. The van der Waals surface area contributed by atoms with Crippen LogP contribution < -0.4 is 5.01 Å². The van der Waals surface area contributed by atoms with Crippen LogP contribution in [0.2, 0.25) is 0 Å². The summed E-state index contributed by atoms with van der Waals surface area (Å²) in [5, 5.41) is 6.14. The molecule has 3 aromatic carbocycles. The van der Waals surface area contributed by atoms with Gasteiger partial charge in [0.1, 0.15) is 0 Å². The predicted octanol–water partition coefficient (Wildman–Crippen LogP) is 5.33. The SMILES string of the molecule is COCCN(CCOC)S(=O)(=O)c1ccc(C(=O)N(/N=C/c2ccc(Br)cc2)c2nc3ccc(C)cc3s2)cc1. The zero-order chi connectivity index (χ0) is 28.7. The number of fused-ring (bicyclic) bond motifs is 1. The van der Waals surface area contributed by atoms with Gasteiger partial charge in [-0.2, -0.15) is 14.4 Å². The monoisotopic (exact) mass is 644 g/mol. The van der Waals surface area contributed by atoms with Crippen LogP contribution in [0.5, 0.6) is 0 Å². The molecule has 1 heterocycles. The number of ether oxygens (including phenoxy) is 2. The fraction of sp³-hybridized carbons (Fsp3) is 0.250. The minimum atomic E-state index is -3.83. The molecular formula is C28H29BrN4O5S2. The molecule has 0 fully saturated rings. The minimum Gasteiger partial charge on any atom is -0.383 e. The van der Waals surface area contributed by atoms with Gasteiger partial charge in [-0.1, -0.05) is 45.5 Å². The maximum absolute atomic E-state index is 13.7. The van der Waals surface area contributed by atoms with E-state index in [0.29, 0.717) is 5.13 Å². The fourth-order valence-electron chi connectivity index (χ4n) is 3.75. The number of methoxy groups -OCH3 is 2. The molecule has 210 valence electrons. The number of thiazole rings is 1. The van der Waals surface area contributed by atoms with E-state index in [2.05, 4.69) is 26.0 Å². The first-order valence-corrected chi connectivity index (χ1v) is 15.4. The Balaban J connectivity index is 1.66. The molecule has 0 saturated heterocycles. The van der Waals surface area contributed by atoms with Crippen LogP contribution in [0.15, 0.2) is 81.2 Å². The molecule has 0 atom stereocenters. The van der Waals surface area contributed by atoms with Gasteiger partial charge in [0.15, 0.2) is 0 Å². The Hall–Kier alpha value is -3.00. The summed E-state index contributed by atoms with van der Waals surface area (Å²) < 4.78 is 39.9. The first kappa shape index (κ1) is 30.0. The van der Waals surface area contributed by atoms with E-state index in [1.54, 1.807) is 6.21 Å². The molecule has 0 aliphatic rings. The molecule has 0 radical (unpaired) electrons. The van der Waals surface area contributed by atoms with Gasteiger partial charge in [0.25, 0.3) is 5.91 Å². The van der Waals surface area contributed by atoms with Crippen molar-refractivity contribution in [3.63, 3.8) is 0 Å². The Morgan fingerprint density at radius 3 is 2.27 bits per heavy atom. The second-order valence-electron chi connectivity index (χ2n) is 8.79. The molecular weight excluding hydrogens is 616 g/mol. The smallest absolute Gasteiger partial charge is 0.280 e. The number of sulfonamides is 1. The summed E-state index contributed by atoms with van der Waals surface area (Å²) in [5.74, 6) is -0.441. The van der Waals surface area contributed by atoms with E-state index < -0.39 is 15.9 Å². The molecule has 0 aliphatic carbocycles. The van der Waals surface area contributed by atoms with Gasteiger partial charge >= 0.3 is 0 Å². The largest absolute Gasteiger partial charge is 0.383 e. The number of halogens is 1. The lowest BCUT2D eigenvalue weighted by Crippen LogP contribution is -2.36. The zero-order valence-corrected chi connectivity index (χ0v) is 25.5. The Morgan fingerprint density at radius 1 is 1.00 bits per heavy atom. The van der Waals surface area contributed by atoms with E-state index >= 15 is 0 Å². The summed E-state index contributed by atoms with van der Waals surface area (Å²) >= 11 is 4.77. The van der Waals surface area contributed by atoms with E-state index in [9.17, 15) is 13.2 Å². The number of nitrogens with zero attached hydrogens (tertiary/aromatic N) is 4. The molecule has 1 amide bonds. The number of hydrogen-bond acceptors (Lipinski definition) is 8. The summed E-state index contributed by atoms with van der Waals surface area (Å²) in [6.07, 6.45) is 1.59. The molecule has 0 unspecified atom stereocenters. The standard InChI is InChI=1S/C28H29BrN4O5S2/c1-20-4-13-25-26(18-20)39-28(31-25)33(30-19-21-5-9-23(29)10-6-21)27(34)22-7-11-24(12-8-22)40(35,36)32(14-16-37-2)15-17-38-3/h4-13,18-19H,14-17H2,1-3H3/b30-19+. The van der Waals surface area contributed by atoms with Crippen LogP contribution in [0.4, 0.5) is 5.13 Å². The average Bonchev–Trinajstić information content (AvgIpc) is 3.36. The molecule has 4 aromatic rings. The molecule has 4 rings (SSSR count). The van der Waals surface area contributed by atoms with Crippen LogP contribution in [-0.4, -0.2) is 70.4 Å². The van der Waals surface area contributed by atoms with E-state index in [1.165, 1.54) is 59.1 Å². The third-order valence-electron chi connectivity index (χ3n) is 5.93. The molecule has 0 spiro atoms. The van der Waals surface area contributed by atoms with Crippen molar-refractivity contribution in [2.24, 2.45) is 5.10 Å². The second kappa shape index (κ2) is 13.6. The van der Waals surface area contributed by atoms with E-state index in [4.69, 9.17) is 9.47 Å². The normalized spacial score (nSPS) is 12.0. The summed E-state index contributed by atoms with van der Waals surface area (Å²) in [7, 11) is -0.801. The molecule has 1 aromatic heterocycles. The molecule has 0 aliphatic heterocycles. The molecule has 0 bridgehead atoms. The van der Waals surface area contributed by atoms with Crippen LogP contribution in [0.25, 0.3) is 10.2 Å². The fourth-order valence-corrected chi connectivity index (χ4v) is 6.44. The second-order valence-corrected chi connectivity index (χ2v) is 12.7. The highest BCUT2D eigenvalue weighted by Gasteiger charge is 2.26. The van der Waals surface area contributed by atoms with Crippen molar-refractivity contribution in [3.05, 3.63) is 87.9 Å². The number of hydrogen-bond donors (Lipinski definition) is 0. The van der Waals surface area contributed by atoms with Crippen LogP contribution in [0.1, 0.15) is 21.5 Å². The van der Waals surface area contributed by atoms with Crippen molar-refractivity contribution < 1.29 is 22.7 Å². The maximum Gasteiger partial charge on any atom is 0.280 e. The van der Waals surface area contributed by atoms with Crippen molar-refractivity contribution in [3.8, 4) is 0 Å². The van der Waals surface area contributed by atoms with Gasteiger partial charge in [-0.3, -0.25) is 4.79 Å². The van der Waals surface area contributed by atoms with E-state index in [1.807, 2.05) is 49.4 Å². The van der Waals surface area contributed by atoms with Gasteiger partial charge in [-0.25, -0.2) is 13.4 Å². The lowest BCUT2D eigenvalue weighted by atomic mass is 10.2. The number of aromatic nitrogens is 1. The predicted molar refractivity (Wildman–Crippen MR) is 162 cm³/mol. The molecule has 40 heavy (non-hydrogen) atoms. The first-order chi connectivity index (χ1) is 19.2. The highest BCUT2D eigenvalue weighted by atomic mass is 79.9. The van der Waals surface area contributed by atoms with Gasteiger partial charge < -0.3 is 9.47 Å². The van der Waals surface area contributed by atoms with Gasteiger partial charge in [0.2, 0.25) is 15.2 Å². The lowest BCUT2D eigenvalue weighted by molar-refractivity contribution is 0.0987. The third kappa shape index (κ3) is 7.19. The van der Waals surface area contributed by atoms with Gasteiger partial charge in [0, 0.05) is 37.3 Å². The Bertz CT molecular complexity index is 1580. The summed E-state index contributed by atoms with van der Waals surface area (Å²) in [6.45, 7) is 2.84. The highest BCUT2D eigenvalue weighted by molar-refractivity contribution is 9.10. The maximum atomic E-state index is 13.7.